The number of ketones is 1. The first-order valence-electron chi connectivity index (χ1n) is 11.5. The van der Waals surface area contributed by atoms with Crippen molar-refractivity contribution in [2.24, 2.45) is 0 Å². The van der Waals surface area contributed by atoms with Crippen LogP contribution in [0.1, 0.15) is 96.3 Å². The number of hydrogen-bond acceptors (Lipinski definition) is 3. The molecule has 0 heterocycles. The minimum absolute atomic E-state index is 0.117. The zero-order chi connectivity index (χ0) is 23.0. The maximum atomic E-state index is 12.5. The van der Waals surface area contributed by atoms with Gasteiger partial charge in [-0.25, -0.2) is 0 Å². The Morgan fingerprint density at radius 1 is 0.800 bits per heavy atom. The molecule has 2 N–H and O–H groups in total. The number of carboxylic acid groups (broad SMARTS) is 1. The van der Waals surface area contributed by atoms with Crippen LogP contribution < -0.4 is 0 Å². The van der Waals surface area contributed by atoms with E-state index in [-0.39, 0.29) is 18.7 Å². The number of nitrogens with zero attached hydrogens (tertiary/aromatic N) is 1. The zero-order valence-electron chi connectivity index (χ0n) is 19.3. The Kier molecular flexibility index (Phi) is 16.6. The second kappa shape index (κ2) is 16.6. The molecule has 0 aliphatic carbocycles. The summed E-state index contributed by atoms with van der Waals surface area (Å²) < 4.78 is 0.811. The van der Waals surface area contributed by atoms with Crippen LogP contribution in [0, 0.1) is 0 Å². The molecular weight excluding hydrogens is 514 g/mol. The molecule has 30 heavy (non-hydrogen) atoms. The second-order valence-electron chi connectivity index (χ2n) is 9.65. The largest absolute Gasteiger partial charge is 0.481 e. The van der Waals surface area contributed by atoms with Gasteiger partial charge in [0.25, 0.3) is 0 Å². The lowest BCUT2D eigenvalue weighted by atomic mass is 9.89. The smallest absolute Gasteiger partial charge is 0.306 e. The Hall–Kier alpha value is 0.0200. The van der Waals surface area contributed by atoms with Crippen molar-refractivity contribution in [3.05, 3.63) is 0 Å². The summed E-state index contributed by atoms with van der Waals surface area (Å²) in [6.07, 6.45) is 15.3. The normalized spacial score (nSPS) is 14.1. The van der Waals surface area contributed by atoms with E-state index in [1.165, 1.54) is 64.2 Å². The van der Waals surface area contributed by atoms with Crippen LogP contribution in [-0.2, 0) is 9.59 Å². The van der Waals surface area contributed by atoms with E-state index in [0.717, 1.165) is 19.3 Å². The molecule has 0 saturated carbocycles. The zero-order valence-corrected chi connectivity index (χ0v) is 22.5. The number of rotatable bonds is 20. The first-order valence-corrected chi connectivity index (χ1v) is 13.4. The highest BCUT2D eigenvalue weighted by molar-refractivity contribution is 9.24. The topological polar surface area (TPSA) is 74.6 Å². The van der Waals surface area contributed by atoms with Crippen LogP contribution in [0.15, 0.2) is 0 Å². The van der Waals surface area contributed by atoms with Crippen molar-refractivity contribution in [3.63, 3.8) is 0 Å². The maximum absolute atomic E-state index is 12.5. The van der Waals surface area contributed by atoms with Gasteiger partial charge in [0.2, 0.25) is 0 Å². The summed E-state index contributed by atoms with van der Waals surface area (Å²) in [7, 11) is 5.55. The number of carbonyl (C=O) groups excluding carboxylic acids is 1. The SMILES string of the molecule is C[N+](C)(C)CC(O)(CC(=O)O)C(=O)CCCCCCCCCCCCCCC(Br)Br. The van der Waals surface area contributed by atoms with E-state index in [1.54, 1.807) is 0 Å². The van der Waals surface area contributed by atoms with E-state index in [9.17, 15) is 14.7 Å². The van der Waals surface area contributed by atoms with E-state index in [0.29, 0.717) is 8.22 Å². The standard InChI is InChI=1S/C23H43Br2NO4/c1-26(2,3)19-23(30,18-22(28)29)20(27)16-14-12-10-8-6-4-5-7-9-11-13-15-17-21(24)25/h21,30H,4-19H2,1-3H3/p+1. The van der Waals surface area contributed by atoms with Crippen molar-refractivity contribution >= 4 is 43.6 Å². The molecule has 0 radical (unpaired) electrons. The monoisotopic (exact) mass is 556 g/mol. The van der Waals surface area contributed by atoms with Crippen molar-refractivity contribution in [3.8, 4) is 0 Å². The highest BCUT2D eigenvalue weighted by Gasteiger charge is 2.42. The van der Waals surface area contributed by atoms with E-state index >= 15 is 0 Å². The third-order valence-corrected chi connectivity index (χ3v) is 6.19. The Morgan fingerprint density at radius 2 is 1.20 bits per heavy atom. The van der Waals surface area contributed by atoms with Gasteiger partial charge in [-0.05, 0) is 12.8 Å². The molecule has 0 aromatic heterocycles. The van der Waals surface area contributed by atoms with Crippen LogP contribution in [0.3, 0.4) is 0 Å². The van der Waals surface area contributed by atoms with Crippen LogP contribution in [0.2, 0.25) is 0 Å². The van der Waals surface area contributed by atoms with Crippen LogP contribution >= 0.6 is 31.9 Å². The van der Waals surface area contributed by atoms with Crippen LogP contribution in [0.4, 0.5) is 0 Å². The van der Waals surface area contributed by atoms with Crippen LogP contribution in [-0.4, -0.2) is 63.5 Å². The summed E-state index contributed by atoms with van der Waals surface area (Å²) in [6.45, 7) is 0.117. The molecule has 0 aliphatic heterocycles. The Morgan fingerprint density at radius 3 is 1.57 bits per heavy atom. The number of Topliss-reactive ketones (excluding diaryl/α,β-unsaturated/α-hetero) is 1. The minimum Gasteiger partial charge on any atom is -0.481 e. The average molecular weight is 558 g/mol. The predicted octanol–water partition coefficient (Wildman–Crippen LogP) is 6.04. The van der Waals surface area contributed by atoms with Gasteiger partial charge >= 0.3 is 5.97 Å². The maximum Gasteiger partial charge on any atom is 0.306 e. The fourth-order valence-corrected chi connectivity index (χ4v) is 4.51. The molecule has 0 amide bonds. The van der Waals surface area contributed by atoms with Gasteiger partial charge in [-0.2, -0.15) is 0 Å². The van der Waals surface area contributed by atoms with E-state index in [4.69, 9.17) is 5.11 Å². The summed E-state index contributed by atoms with van der Waals surface area (Å²) in [5.74, 6) is -1.47. The highest BCUT2D eigenvalue weighted by atomic mass is 79.9. The van der Waals surface area contributed by atoms with Gasteiger partial charge in [-0.15, -0.1) is 0 Å². The molecule has 178 valence electrons. The van der Waals surface area contributed by atoms with Gasteiger partial charge in [0.15, 0.2) is 11.4 Å². The lowest BCUT2D eigenvalue weighted by Crippen LogP contribution is -2.54. The van der Waals surface area contributed by atoms with Crippen LogP contribution in [0.5, 0.6) is 0 Å². The number of hydrogen-bond donors (Lipinski definition) is 2. The quantitative estimate of drug-likeness (QED) is 0.109. The third kappa shape index (κ3) is 17.7. The number of halogens is 2. The number of likely N-dealkylation sites (N-methyl/N-ethyl adjacent to an activating group) is 1. The molecule has 0 fully saturated rings. The molecule has 7 heteroatoms. The van der Waals surface area contributed by atoms with E-state index < -0.39 is 18.0 Å². The summed E-state index contributed by atoms with van der Waals surface area (Å²) in [5.41, 5.74) is -1.77. The minimum atomic E-state index is -1.77. The first-order chi connectivity index (χ1) is 14.0. The fourth-order valence-electron chi connectivity index (χ4n) is 3.86. The van der Waals surface area contributed by atoms with Gasteiger partial charge in [-0.1, -0.05) is 102 Å². The number of aliphatic carboxylic acids is 1. The molecule has 0 aliphatic rings. The van der Waals surface area contributed by atoms with E-state index in [2.05, 4.69) is 31.9 Å². The van der Waals surface area contributed by atoms with Crippen molar-refractivity contribution < 1.29 is 24.3 Å². The molecule has 0 spiro atoms. The fraction of sp³-hybridized carbons (Fsp3) is 0.913. The average Bonchev–Trinajstić information content (AvgIpc) is 2.59. The lowest BCUT2D eigenvalue weighted by Gasteiger charge is -2.33. The van der Waals surface area contributed by atoms with Gasteiger partial charge in [0.05, 0.1) is 31.3 Å². The molecular formula is C23H44Br2NO4+. The highest BCUT2D eigenvalue weighted by Crippen LogP contribution is 2.21. The number of aliphatic hydroxyl groups is 1. The van der Waals surface area contributed by atoms with Crippen molar-refractivity contribution in [2.45, 2.75) is 106 Å². The molecule has 1 unspecified atom stereocenters. The van der Waals surface area contributed by atoms with Gasteiger partial charge in [0.1, 0.15) is 6.54 Å². The van der Waals surface area contributed by atoms with Crippen molar-refractivity contribution in [1.82, 2.24) is 0 Å². The molecule has 0 bridgehead atoms. The number of carboxylic acids is 1. The lowest BCUT2D eigenvalue weighted by molar-refractivity contribution is -0.875. The molecule has 0 rings (SSSR count). The van der Waals surface area contributed by atoms with Crippen molar-refractivity contribution in [1.29, 1.82) is 0 Å². The predicted molar refractivity (Wildman–Crippen MR) is 131 cm³/mol. The van der Waals surface area contributed by atoms with Gasteiger partial charge in [-0.3, -0.25) is 9.59 Å². The summed E-state index contributed by atoms with van der Waals surface area (Å²) >= 11 is 7.02. The van der Waals surface area contributed by atoms with E-state index in [1.807, 2.05) is 21.1 Å². The first kappa shape index (κ1) is 30.0. The summed E-state index contributed by atoms with van der Waals surface area (Å²) in [5, 5.41) is 19.7. The molecule has 0 saturated heterocycles. The number of quaternary nitrogens is 1. The number of alkyl halides is 2. The van der Waals surface area contributed by atoms with Crippen molar-refractivity contribution in [2.75, 3.05) is 27.7 Å². The Balaban J connectivity index is 3.77. The number of carbonyl (C=O) groups is 2. The van der Waals surface area contributed by atoms with Crippen LogP contribution in [0.25, 0.3) is 0 Å². The molecule has 1 atom stereocenters. The Labute approximate surface area is 200 Å². The number of unbranched alkanes of at least 4 members (excludes halogenated alkanes) is 11. The summed E-state index contributed by atoms with van der Waals surface area (Å²) in [4.78, 5) is 23.6. The summed E-state index contributed by atoms with van der Waals surface area (Å²) in [6, 6.07) is 0. The van der Waals surface area contributed by atoms with Gasteiger partial charge in [0, 0.05) is 6.42 Å². The molecule has 5 nitrogen and oxygen atoms in total. The molecule has 0 aromatic carbocycles. The van der Waals surface area contributed by atoms with Gasteiger partial charge < -0.3 is 14.7 Å². The Bertz CT molecular complexity index is 480. The third-order valence-electron chi connectivity index (χ3n) is 5.27. The second-order valence-corrected chi connectivity index (χ2v) is 13.1. The molecule has 0 aromatic rings.